The number of carbonyl (C=O) groups is 1. The molecular weight excluding hydrogens is 248 g/mol. The van der Waals surface area contributed by atoms with Gasteiger partial charge in [-0.15, -0.1) is 12.4 Å². The molecule has 1 aromatic rings. The summed E-state index contributed by atoms with van der Waals surface area (Å²) in [6.45, 7) is 9.00. The van der Waals surface area contributed by atoms with Crippen molar-refractivity contribution in [3.63, 3.8) is 0 Å². The quantitative estimate of drug-likeness (QED) is 0.914. The standard InChI is InChI=1S/C14H22N2O.ClH/c1-5-16(14(17)12(4)9-15)13-7-10(2)6-11(3)8-13;/h6-8,12H,5,9,15H2,1-4H3;1H. The number of amides is 1. The van der Waals surface area contributed by atoms with Crippen LogP contribution in [0.25, 0.3) is 0 Å². The Morgan fingerprint density at radius 3 is 2.17 bits per heavy atom. The van der Waals surface area contributed by atoms with Gasteiger partial charge in [-0.05, 0) is 44.0 Å². The van der Waals surface area contributed by atoms with Crippen molar-refractivity contribution in [2.45, 2.75) is 27.7 Å². The SMILES string of the molecule is CCN(C(=O)C(C)CN)c1cc(C)cc(C)c1.Cl. The maximum atomic E-state index is 12.2. The topological polar surface area (TPSA) is 46.3 Å². The van der Waals surface area contributed by atoms with E-state index in [1.807, 2.05) is 39.8 Å². The van der Waals surface area contributed by atoms with Crippen LogP contribution in [0.5, 0.6) is 0 Å². The summed E-state index contributed by atoms with van der Waals surface area (Å²) in [6.07, 6.45) is 0. The highest BCUT2D eigenvalue weighted by Crippen LogP contribution is 2.20. The zero-order chi connectivity index (χ0) is 13.0. The van der Waals surface area contributed by atoms with Crippen LogP contribution in [0.15, 0.2) is 18.2 Å². The van der Waals surface area contributed by atoms with E-state index in [1.165, 1.54) is 11.1 Å². The molecule has 0 radical (unpaired) electrons. The van der Waals surface area contributed by atoms with E-state index in [9.17, 15) is 4.79 Å². The second kappa shape index (κ2) is 7.39. The molecule has 0 saturated heterocycles. The van der Waals surface area contributed by atoms with Crippen molar-refractivity contribution in [2.24, 2.45) is 11.7 Å². The molecular formula is C14H23ClN2O. The Labute approximate surface area is 116 Å². The summed E-state index contributed by atoms with van der Waals surface area (Å²) in [7, 11) is 0. The third-order valence-electron chi connectivity index (χ3n) is 2.88. The van der Waals surface area contributed by atoms with Crippen LogP contribution in [0.1, 0.15) is 25.0 Å². The molecule has 0 aromatic heterocycles. The van der Waals surface area contributed by atoms with Gasteiger partial charge < -0.3 is 10.6 Å². The summed E-state index contributed by atoms with van der Waals surface area (Å²) in [6, 6.07) is 6.18. The van der Waals surface area contributed by atoms with Gasteiger partial charge in [-0.25, -0.2) is 0 Å². The van der Waals surface area contributed by atoms with Gasteiger partial charge in [0.15, 0.2) is 0 Å². The van der Waals surface area contributed by atoms with E-state index in [0.29, 0.717) is 13.1 Å². The van der Waals surface area contributed by atoms with E-state index in [2.05, 4.69) is 6.07 Å². The lowest BCUT2D eigenvalue weighted by atomic mass is 10.1. The van der Waals surface area contributed by atoms with Gasteiger partial charge in [0.05, 0.1) is 0 Å². The molecule has 1 rings (SSSR count). The predicted octanol–water partition coefficient (Wildman–Crippen LogP) is 2.67. The number of anilines is 1. The zero-order valence-electron chi connectivity index (χ0n) is 11.6. The molecule has 4 heteroatoms. The minimum Gasteiger partial charge on any atom is -0.330 e. The number of benzene rings is 1. The summed E-state index contributed by atoms with van der Waals surface area (Å²) in [5.74, 6) is -0.0317. The number of rotatable bonds is 4. The van der Waals surface area contributed by atoms with Crippen molar-refractivity contribution < 1.29 is 4.79 Å². The maximum absolute atomic E-state index is 12.2. The number of aryl methyl sites for hydroxylation is 2. The summed E-state index contributed by atoms with van der Waals surface area (Å²) < 4.78 is 0. The van der Waals surface area contributed by atoms with Crippen LogP contribution in [0.4, 0.5) is 5.69 Å². The Morgan fingerprint density at radius 1 is 1.28 bits per heavy atom. The highest BCUT2D eigenvalue weighted by atomic mass is 35.5. The lowest BCUT2D eigenvalue weighted by Gasteiger charge is -2.24. The molecule has 0 bridgehead atoms. The van der Waals surface area contributed by atoms with Gasteiger partial charge in [0.2, 0.25) is 5.91 Å². The van der Waals surface area contributed by atoms with Gasteiger partial charge in [0, 0.05) is 24.7 Å². The molecule has 1 unspecified atom stereocenters. The summed E-state index contributed by atoms with van der Waals surface area (Å²) in [4.78, 5) is 14.0. The van der Waals surface area contributed by atoms with Crippen LogP contribution in [-0.4, -0.2) is 19.0 Å². The average Bonchev–Trinajstić information content (AvgIpc) is 2.27. The molecule has 0 aliphatic rings. The smallest absolute Gasteiger partial charge is 0.231 e. The second-order valence-electron chi connectivity index (χ2n) is 4.57. The molecule has 0 spiro atoms. The second-order valence-corrected chi connectivity index (χ2v) is 4.57. The van der Waals surface area contributed by atoms with E-state index in [4.69, 9.17) is 5.73 Å². The summed E-state index contributed by atoms with van der Waals surface area (Å²) >= 11 is 0. The monoisotopic (exact) mass is 270 g/mol. The van der Waals surface area contributed by atoms with Crippen molar-refractivity contribution in [2.75, 3.05) is 18.0 Å². The first-order valence-corrected chi connectivity index (χ1v) is 6.09. The highest BCUT2D eigenvalue weighted by molar-refractivity contribution is 5.95. The van der Waals surface area contributed by atoms with Gasteiger partial charge in [0.25, 0.3) is 0 Å². The molecule has 0 saturated carbocycles. The van der Waals surface area contributed by atoms with E-state index < -0.39 is 0 Å². The largest absolute Gasteiger partial charge is 0.330 e. The molecule has 102 valence electrons. The maximum Gasteiger partial charge on any atom is 0.231 e. The molecule has 18 heavy (non-hydrogen) atoms. The van der Waals surface area contributed by atoms with Crippen molar-refractivity contribution in [3.8, 4) is 0 Å². The Morgan fingerprint density at radius 2 is 1.78 bits per heavy atom. The first-order valence-electron chi connectivity index (χ1n) is 6.09. The number of halogens is 1. The fraction of sp³-hybridized carbons (Fsp3) is 0.500. The van der Waals surface area contributed by atoms with Gasteiger partial charge in [-0.2, -0.15) is 0 Å². The Kier molecular flexibility index (Phi) is 6.96. The van der Waals surface area contributed by atoms with Gasteiger partial charge in [0.1, 0.15) is 0 Å². The Hall–Kier alpha value is -1.06. The Balaban J connectivity index is 0.00000289. The van der Waals surface area contributed by atoms with Gasteiger partial charge >= 0.3 is 0 Å². The van der Waals surface area contributed by atoms with Gasteiger partial charge in [-0.3, -0.25) is 4.79 Å². The fourth-order valence-corrected chi connectivity index (χ4v) is 1.94. The minimum atomic E-state index is -0.129. The first-order chi connectivity index (χ1) is 7.99. The predicted molar refractivity (Wildman–Crippen MR) is 79.4 cm³/mol. The number of nitrogens with two attached hydrogens (primary N) is 1. The third kappa shape index (κ3) is 4.00. The Bertz CT molecular complexity index is 387. The third-order valence-corrected chi connectivity index (χ3v) is 2.88. The first kappa shape index (κ1) is 16.9. The van der Waals surface area contributed by atoms with Crippen LogP contribution < -0.4 is 10.6 Å². The van der Waals surface area contributed by atoms with Crippen LogP contribution in [0.3, 0.4) is 0 Å². The average molecular weight is 271 g/mol. The number of nitrogens with zero attached hydrogens (tertiary/aromatic N) is 1. The fourth-order valence-electron chi connectivity index (χ4n) is 1.94. The highest BCUT2D eigenvalue weighted by Gasteiger charge is 2.19. The molecule has 1 aromatic carbocycles. The van der Waals surface area contributed by atoms with Crippen LogP contribution in [0.2, 0.25) is 0 Å². The number of hydrogen-bond donors (Lipinski definition) is 1. The summed E-state index contributed by atoms with van der Waals surface area (Å²) in [5, 5.41) is 0. The molecule has 0 aliphatic carbocycles. The number of carbonyl (C=O) groups excluding carboxylic acids is 1. The van der Waals surface area contributed by atoms with E-state index in [0.717, 1.165) is 5.69 Å². The molecule has 1 amide bonds. The molecule has 1 atom stereocenters. The lowest BCUT2D eigenvalue weighted by Crippen LogP contribution is -2.38. The summed E-state index contributed by atoms with van der Waals surface area (Å²) in [5.41, 5.74) is 8.87. The normalized spacial score (nSPS) is 11.6. The molecule has 0 fully saturated rings. The van der Waals surface area contributed by atoms with Crippen LogP contribution >= 0.6 is 12.4 Å². The van der Waals surface area contributed by atoms with E-state index in [1.54, 1.807) is 4.90 Å². The van der Waals surface area contributed by atoms with Crippen molar-refractivity contribution in [1.82, 2.24) is 0 Å². The van der Waals surface area contributed by atoms with Gasteiger partial charge in [-0.1, -0.05) is 13.0 Å². The molecule has 0 heterocycles. The van der Waals surface area contributed by atoms with E-state index in [-0.39, 0.29) is 24.2 Å². The molecule has 0 aliphatic heterocycles. The lowest BCUT2D eigenvalue weighted by molar-refractivity contribution is -0.121. The van der Waals surface area contributed by atoms with Crippen molar-refractivity contribution in [3.05, 3.63) is 29.3 Å². The minimum absolute atomic E-state index is 0. The zero-order valence-corrected chi connectivity index (χ0v) is 12.4. The van der Waals surface area contributed by atoms with Crippen LogP contribution in [0, 0.1) is 19.8 Å². The molecule has 3 nitrogen and oxygen atoms in total. The van der Waals surface area contributed by atoms with Crippen LogP contribution in [-0.2, 0) is 4.79 Å². The number of hydrogen-bond acceptors (Lipinski definition) is 2. The van der Waals surface area contributed by atoms with Crippen molar-refractivity contribution >= 4 is 24.0 Å². The van der Waals surface area contributed by atoms with E-state index >= 15 is 0 Å². The van der Waals surface area contributed by atoms with Crippen molar-refractivity contribution in [1.29, 1.82) is 0 Å². The molecule has 2 N–H and O–H groups in total.